The van der Waals surface area contributed by atoms with E-state index < -0.39 is 5.82 Å². The molecule has 1 aromatic heterocycles. The Hall–Kier alpha value is -3.17. The second kappa shape index (κ2) is 8.68. The molecule has 0 atom stereocenters. The zero-order chi connectivity index (χ0) is 21.1. The number of carbonyl (C=O) groups is 2. The monoisotopic (exact) mass is 438 g/mol. The summed E-state index contributed by atoms with van der Waals surface area (Å²) in [5.74, 6) is -1.00. The van der Waals surface area contributed by atoms with Crippen molar-refractivity contribution in [3.05, 3.63) is 71.1 Å². The lowest BCUT2D eigenvalue weighted by Gasteiger charge is -2.14. The molecule has 2 heterocycles. The smallest absolute Gasteiger partial charge is 0.266 e. The number of hydrogen-bond acceptors (Lipinski definition) is 6. The summed E-state index contributed by atoms with van der Waals surface area (Å²) in [7, 11) is 0. The second-order valence-electron chi connectivity index (χ2n) is 6.41. The summed E-state index contributed by atoms with van der Waals surface area (Å²) in [6.45, 7) is 0.137. The molecule has 6 nitrogen and oxygen atoms in total. The Morgan fingerprint density at radius 1 is 1.17 bits per heavy atom. The van der Waals surface area contributed by atoms with Gasteiger partial charge < -0.3 is 5.32 Å². The van der Waals surface area contributed by atoms with Crippen molar-refractivity contribution in [1.29, 1.82) is 0 Å². The van der Waals surface area contributed by atoms with Crippen LogP contribution in [0.5, 0.6) is 0 Å². The molecule has 1 N–H and O–H groups in total. The molecule has 2 aromatic carbocycles. The number of rotatable bonds is 5. The molecule has 1 saturated heterocycles. The molecule has 0 spiro atoms. The van der Waals surface area contributed by atoms with E-state index in [-0.39, 0.29) is 24.8 Å². The predicted octanol–water partition coefficient (Wildman–Crippen LogP) is 4.00. The Kier molecular flexibility index (Phi) is 5.82. The molecule has 0 unspecified atom stereocenters. The quantitative estimate of drug-likeness (QED) is 0.479. The lowest BCUT2D eigenvalue weighted by molar-refractivity contribution is -0.122. The highest BCUT2D eigenvalue weighted by Crippen LogP contribution is 2.33. The van der Waals surface area contributed by atoms with Crippen molar-refractivity contribution in [1.82, 2.24) is 14.9 Å². The van der Waals surface area contributed by atoms with Crippen molar-refractivity contribution >= 4 is 62.9 Å². The maximum absolute atomic E-state index is 13.8. The van der Waals surface area contributed by atoms with Crippen LogP contribution in [0.15, 0.2) is 59.8 Å². The van der Waals surface area contributed by atoms with E-state index in [9.17, 15) is 14.0 Å². The minimum absolute atomic E-state index is 0.0674. The Morgan fingerprint density at radius 2 is 1.93 bits per heavy atom. The van der Waals surface area contributed by atoms with Crippen LogP contribution in [0.4, 0.5) is 10.1 Å². The van der Waals surface area contributed by atoms with Gasteiger partial charge in [0.05, 0.1) is 15.9 Å². The first-order valence-corrected chi connectivity index (χ1v) is 10.2. The highest BCUT2D eigenvalue weighted by atomic mass is 32.2. The van der Waals surface area contributed by atoms with Gasteiger partial charge in [0.25, 0.3) is 5.91 Å². The first-order valence-electron chi connectivity index (χ1n) is 9.02. The third kappa shape index (κ3) is 4.37. The molecular weight excluding hydrogens is 423 g/mol. The summed E-state index contributed by atoms with van der Waals surface area (Å²) in [4.78, 5) is 35.0. The number of benzene rings is 2. The Labute approximate surface area is 181 Å². The number of hydrogen-bond donors (Lipinski definition) is 1. The highest BCUT2D eigenvalue weighted by molar-refractivity contribution is 8.26. The summed E-state index contributed by atoms with van der Waals surface area (Å²) < 4.78 is 14.2. The first-order chi connectivity index (χ1) is 14.5. The van der Waals surface area contributed by atoms with Gasteiger partial charge in [0.2, 0.25) is 5.91 Å². The molecule has 150 valence electrons. The van der Waals surface area contributed by atoms with Crippen LogP contribution in [0.1, 0.15) is 12.0 Å². The van der Waals surface area contributed by atoms with Crippen LogP contribution in [0.3, 0.4) is 0 Å². The maximum Gasteiger partial charge on any atom is 0.266 e. The zero-order valence-electron chi connectivity index (χ0n) is 15.5. The number of carbonyl (C=O) groups excluding carboxylic acids is 2. The van der Waals surface area contributed by atoms with E-state index in [4.69, 9.17) is 12.2 Å². The van der Waals surface area contributed by atoms with Crippen molar-refractivity contribution in [2.45, 2.75) is 6.42 Å². The average Bonchev–Trinajstić information content (AvgIpc) is 3.00. The molecule has 1 aliphatic heterocycles. The molecule has 0 aliphatic carbocycles. The third-order valence-electron chi connectivity index (χ3n) is 4.38. The van der Waals surface area contributed by atoms with E-state index >= 15 is 0 Å². The highest BCUT2D eigenvalue weighted by Gasteiger charge is 2.32. The topological polar surface area (TPSA) is 75.2 Å². The van der Waals surface area contributed by atoms with E-state index in [0.29, 0.717) is 26.0 Å². The second-order valence-corrected chi connectivity index (χ2v) is 8.09. The summed E-state index contributed by atoms with van der Waals surface area (Å²) in [5.41, 5.74) is 2.31. The standard InChI is InChI=1S/C21H15FN4O2S2/c22-15-4-2-1-3-13(15)11-18-20(28)26(21(29)30-18)10-7-19(27)25-14-5-6-16-17(12-14)24-9-8-23-16/h1-6,8-9,11-12H,7,10H2,(H,25,27)/b18-11+. The lowest BCUT2D eigenvalue weighted by atomic mass is 10.2. The summed E-state index contributed by atoms with van der Waals surface area (Å²) in [6.07, 6.45) is 4.73. The lowest BCUT2D eigenvalue weighted by Crippen LogP contribution is -2.31. The number of amides is 2. The largest absolute Gasteiger partial charge is 0.326 e. The minimum Gasteiger partial charge on any atom is -0.326 e. The number of nitrogens with one attached hydrogen (secondary N) is 1. The van der Waals surface area contributed by atoms with Crippen LogP contribution in [0, 0.1) is 5.82 Å². The number of fused-ring (bicyclic) bond motifs is 1. The minimum atomic E-state index is -0.415. The van der Waals surface area contributed by atoms with Gasteiger partial charge in [0.1, 0.15) is 10.1 Å². The number of aromatic nitrogens is 2. The summed E-state index contributed by atoms with van der Waals surface area (Å²) in [5, 5.41) is 2.79. The fourth-order valence-corrected chi connectivity index (χ4v) is 4.20. The van der Waals surface area contributed by atoms with E-state index in [1.54, 1.807) is 48.8 Å². The van der Waals surface area contributed by atoms with Crippen LogP contribution in [-0.2, 0) is 9.59 Å². The van der Waals surface area contributed by atoms with Gasteiger partial charge >= 0.3 is 0 Å². The number of thiocarbonyl (C=S) groups is 1. The normalized spacial score (nSPS) is 15.2. The Balaban J connectivity index is 1.39. The fourth-order valence-electron chi connectivity index (χ4n) is 2.90. The van der Waals surface area contributed by atoms with Gasteiger partial charge in [-0.25, -0.2) is 4.39 Å². The third-order valence-corrected chi connectivity index (χ3v) is 5.76. The van der Waals surface area contributed by atoms with Crippen LogP contribution >= 0.6 is 24.0 Å². The molecule has 0 saturated carbocycles. The molecule has 1 fully saturated rings. The maximum atomic E-state index is 13.8. The van der Waals surface area contributed by atoms with Crippen molar-refractivity contribution in [2.24, 2.45) is 0 Å². The van der Waals surface area contributed by atoms with Crippen LogP contribution in [0.2, 0.25) is 0 Å². The van der Waals surface area contributed by atoms with Gasteiger partial charge in [-0.15, -0.1) is 0 Å². The Bertz CT molecular complexity index is 1200. The van der Waals surface area contributed by atoms with E-state index in [0.717, 1.165) is 17.3 Å². The average molecular weight is 439 g/mol. The van der Waals surface area contributed by atoms with Crippen molar-refractivity contribution in [3.8, 4) is 0 Å². The van der Waals surface area contributed by atoms with Crippen molar-refractivity contribution < 1.29 is 14.0 Å². The molecule has 0 bridgehead atoms. The van der Waals surface area contributed by atoms with Crippen molar-refractivity contribution in [3.63, 3.8) is 0 Å². The first kappa shape index (κ1) is 20.1. The van der Waals surface area contributed by atoms with E-state index in [1.807, 2.05) is 0 Å². The molecule has 0 radical (unpaired) electrons. The van der Waals surface area contributed by atoms with Gasteiger partial charge in [-0.05, 0) is 30.3 Å². The Morgan fingerprint density at radius 3 is 2.73 bits per heavy atom. The van der Waals surface area contributed by atoms with Gasteiger partial charge in [-0.2, -0.15) is 0 Å². The molecular formula is C21H15FN4O2S2. The molecule has 3 aromatic rings. The number of nitrogens with zero attached hydrogens (tertiary/aromatic N) is 3. The van der Waals surface area contributed by atoms with E-state index in [2.05, 4.69) is 15.3 Å². The fraction of sp³-hybridized carbons (Fsp3) is 0.0952. The van der Waals surface area contributed by atoms with Gasteiger partial charge in [-0.3, -0.25) is 24.5 Å². The predicted molar refractivity (Wildman–Crippen MR) is 119 cm³/mol. The SMILES string of the molecule is O=C(CCN1C(=O)/C(=C\c2ccccc2F)SC1=S)Nc1ccc2nccnc2c1. The zero-order valence-corrected chi connectivity index (χ0v) is 17.2. The molecule has 30 heavy (non-hydrogen) atoms. The van der Waals surface area contributed by atoms with Crippen LogP contribution < -0.4 is 5.32 Å². The molecule has 9 heteroatoms. The number of halogens is 1. The van der Waals surface area contributed by atoms with E-state index in [1.165, 1.54) is 17.0 Å². The summed E-state index contributed by atoms with van der Waals surface area (Å²) in [6, 6.07) is 11.4. The number of anilines is 1. The molecule has 1 aliphatic rings. The van der Waals surface area contributed by atoms with Crippen molar-refractivity contribution in [2.75, 3.05) is 11.9 Å². The summed E-state index contributed by atoms with van der Waals surface area (Å²) >= 11 is 6.36. The van der Waals surface area contributed by atoms with Gasteiger partial charge in [-0.1, -0.05) is 42.2 Å². The molecule has 2 amide bonds. The number of thioether (sulfide) groups is 1. The van der Waals surface area contributed by atoms with Gasteiger partial charge in [0, 0.05) is 36.6 Å². The van der Waals surface area contributed by atoms with Crippen LogP contribution in [-0.4, -0.2) is 37.5 Å². The van der Waals surface area contributed by atoms with Gasteiger partial charge in [0.15, 0.2) is 0 Å². The molecule has 4 rings (SSSR count). The van der Waals surface area contributed by atoms with Crippen LogP contribution in [0.25, 0.3) is 17.1 Å².